The highest BCUT2D eigenvalue weighted by atomic mass is 16.5. The number of benzene rings is 1. The Balaban J connectivity index is 2.23. The van der Waals surface area contributed by atoms with Crippen molar-refractivity contribution in [2.75, 3.05) is 30.8 Å². The van der Waals surface area contributed by atoms with Gasteiger partial charge in [-0.15, -0.1) is 0 Å². The average Bonchev–Trinajstić information content (AvgIpc) is 2.26. The minimum atomic E-state index is 0.242. The summed E-state index contributed by atoms with van der Waals surface area (Å²) in [6, 6.07) is 5.82. The molecule has 0 bridgehead atoms. The number of nitrogens with zero attached hydrogens (tertiary/aromatic N) is 1. The van der Waals surface area contributed by atoms with E-state index in [9.17, 15) is 0 Å². The average molecular weight is 236 g/mol. The lowest BCUT2D eigenvalue weighted by Gasteiger charge is -2.37. The molecule has 2 unspecified atom stereocenters. The van der Waals surface area contributed by atoms with Crippen LogP contribution in [0.1, 0.15) is 13.8 Å². The highest BCUT2D eigenvalue weighted by molar-refractivity contribution is 5.60. The van der Waals surface area contributed by atoms with Crippen LogP contribution in [0.5, 0.6) is 5.75 Å². The summed E-state index contributed by atoms with van der Waals surface area (Å²) in [5.74, 6) is 0.798. The Morgan fingerprint density at radius 3 is 2.47 bits per heavy atom. The standard InChI is InChI=1S/C13H20N2O2/c1-9-7-15(8-10(2)17-9)12-4-11(14)5-13(6-12)16-3/h4-6,9-10H,7-8,14H2,1-3H3. The Morgan fingerprint density at radius 2 is 1.88 bits per heavy atom. The number of methoxy groups -OCH3 is 1. The summed E-state index contributed by atoms with van der Waals surface area (Å²) >= 11 is 0. The van der Waals surface area contributed by atoms with E-state index in [-0.39, 0.29) is 12.2 Å². The van der Waals surface area contributed by atoms with Crippen LogP contribution < -0.4 is 15.4 Å². The van der Waals surface area contributed by atoms with E-state index in [0.717, 1.165) is 30.2 Å². The van der Waals surface area contributed by atoms with Crippen LogP contribution in [0.3, 0.4) is 0 Å². The second-order valence-corrected chi connectivity index (χ2v) is 4.63. The van der Waals surface area contributed by atoms with Crippen molar-refractivity contribution in [3.63, 3.8) is 0 Å². The number of ether oxygens (including phenoxy) is 2. The molecule has 0 spiro atoms. The van der Waals surface area contributed by atoms with Crippen LogP contribution in [0.4, 0.5) is 11.4 Å². The third-order valence-corrected chi connectivity index (χ3v) is 2.93. The molecule has 1 aliphatic rings. The third-order valence-electron chi connectivity index (χ3n) is 2.93. The van der Waals surface area contributed by atoms with Crippen molar-refractivity contribution >= 4 is 11.4 Å². The molecule has 2 N–H and O–H groups in total. The molecule has 1 aromatic rings. The molecule has 2 rings (SSSR count). The summed E-state index contributed by atoms with van der Waals surface area (Å²) in [6.45, 7) is 5.95. The van der Waals surface area contributed by atoms with E-state index >= 15 is 0 Å². The third kappa shape index (κ3) is 2.82. The maximum absolute atomic E-state index is 5.87. The van der Waals surface area contributed by atoms with Gasteiger partial charge in [0.15, 0.2) is 0 Å². The van der Waals surface area contributed by atoms with Gasteiger partial charge in [-0.2, -0.15) is 0 Å². The first kappa shape index (κ1) is 12.0. The largest absolute Gasteiger partial charge is 0.497 e. The summed E-state index contributed by atoms with van der Waals surface area (Å²) < 4.78 is 11.0. The molecule has 1 saturated heterocycles. The quantitative estimate of drug-likeness (QED) is 0.797. The number of anilines is 2. The van der Waals surface area contributed by atoms with Crippen LogP contribution in [-0.4, -0.2) is 32.4 Å². The fourth-order valence-corrected chi connectivity index (χ4v) is 2.29. The van der Waals surface area contributed by atoms with Crippen molar-refractivity contribution < 1.29 is 9.47 Å². The topological polar surface area (TPSA) is 47.7 Å². The Morgan fingerprint density at radius 1 is 1.24 bits per heavy atom. The van der Waals surface area contributed by atoms with E-state index in [0.29, 0.717) is 0 Å². The molecule has 17 heavy (non-hydrogen) atoms. The number of nitrogens with two attached hydrogens (primary N) is 1. The molecular formula is C13H20N2O2. The number of hydrogen-bond acceptors (Lipinski definition) is 4. The molecule has 4 heteroatoms. The Kier molecular flexibility index (Phi) is 3.43. The van der Waals surface area contributed by atoms with Gasteiger partial charge >= 0.3 is 0 Å². The van der Waals surface area contributed by atoms with E-state index < -0.39 is 0 Å². The summed E-state index contributed by atoms with van der Waals surface area (Å²) in [7, 11) is 1.66. The predicted octanol–water partition coefficient (Wildman–Crippen LogP) is 1.89. The van der Waals surface area contributed by atoms with Crippen LogP contribution in [-0.2, 0) is 4.74 Å². The van der Waals surface area contributed by atoms with Gasteiger partial charge in [-0.3, -0.25) is 0 Å². The summed E-state index contributed by atoms with van der Waals surface area (Å²) in [5, 5.41) is 0. The van der Waals surface area contributed by atoms with Crippen LogP contribution in [0.2, 0.25) is 0 Å². The number of rotatable bonds is 2. The zero-order valence-electron chi connectivity index (χ0n) is 10.6. The second-order valence-electron chi connectivity index (χ2n) is 4.63. The van der Waals surface area contributed by atoms with Gasteiger partial charge in [0.2, 0.25) is 0 Å². The van der Waals surface area contributed by atoms with Gasteiger partial charge in [0.25, 0.3) is 0 Å². The first-order valence-corrected chi connectivity index (χ1v) is 5.93. The van der Waals surface area contributed by atoms with Crippen molar-refractivity contribution in [1.29, 1.82) is 0 Å². The van der Waals surface area contributed by atoms with E-state index in [1.807, 2.05) is 18.2 Å². The summed E-state index contributed by atoms with van der Waals surface area (Å²) in [4.78, 5) is 2.29. The van der Waals surface area contributed by atoms with Gasteiger partial charge in [-0.05, 0) is 19.9 Å². The zero-order chi connectivity index (χ0) is 12.4. The van der Waals surface area contributed by atoms with Crippen molar-refractivity contribution in [3.8, 4) is 5.75 Å². The zero-order valence-corrected chi connectivity index (χ0v) is 10.6. The molecule has 0 saturated carbocycles. The molecule has 1 aromatic carbocycles. The molecule has 94 valence electrons. The fourth-order valence-electron chi connectivity index (χ4n) is 2.29. The Hall–Kier alpha value is -1.42. The molecule has 0 aliphatic carbocycles. The van der Waals surface area contributed by atoms with Crippen LogP contribution in [0.15, 0.2) is 18.2 Å². The van der Waals surface area contributed by atoms with Gasteiger partial charge in [-0.25, -0.2) is 0 Å². The van der Waals surface area contributed by atoms with E-state index in [4.69, 9.17) is 15.2 Å². The number of morpholine rings is 1. The highest BCUT2D eigenvalue weighted by Gasteiger charge is 2.22. The first-order valence-electron chi connectivity index (χ1n) is 5.93. The number of nitrogen functional groups attached to an aromatic ring is 1. The first-order chi connectivity index (χ1) is 8.08. The second kappa shape index (κ2) is 4.84. The lowest BCUT2D eigenvalue weighted by Crippen LogP contribution is -2.45. The smallest absolute Gasteiger partial charge is 0.122 e. The van der Waals surface area contributed by atoms with Gasteiger partial charge in [0, 0.05) is 36.6 Å². The van der Waals surface area contributed by atoms with Crippen molar-refractivity contribution in [2.45, 2.75) is 26.1 Å². The van der Waals surface area contributed by atoms with Crippen LogP contribution >= 0.6 is 0 Å². The molecule has 4 nitrogen and oxygen atoms in total. The number of hydrogen-bond donors (Lipinski definition) is 1. The SMILES string of the molecule is COc1cc(N)cc(N2CC(C)OC(C)C2)c1. The maximum Gasteiger partial charge on any atom is 0.122 e. The lowest BCUT2D eigenvalue weighted by molar-refractivity contribution is -0.00522. The Bertz CT molecular complexity index is 385. The van der Waals surface area contributed by atoms with Crippen LogP contribution in [0.25, 0.3) is 0 Å². The van der Waals surface area contributed by atoms with E-state index in [2.05, 4.69) is 18.7 Å². The maximum atomic E-state index is 5.87. The fraction of sp³-hybridized carbons (Fsp3) is 0.538. The molecule has 0 aromatic heterocycles. The monoisotopic (exact) mass is 236 g/mol. The molecule has 0 amide bonds. The lowest BCUT2D eigenvalue weighted by atomic mass is 10.2. The van der Waals surface area contributed by atoms with Crippen LogP contribution in [0, 0.1) is 0 Å². The minimum Gasteiger partial charge on any atom is -0.497 e. The highest BCUT2D eigenvalue weighted by Crippen LogP contribution is 2.27. The van der Waals surface area contributed by atoms with Gasteiger partial charge in [0.1, 0.15) is 5.75 Å². The molecular weight excluding hydrogens is 216 g/mol. The van der Waals surface area contributed by atoms with Crippen molar-refractivity contribution in [3.05, 3.63) is 18.2 Å². The summed E-state index contributed by atoms with van der Waals surface area (Å²) in [5.41, 5.74) is 7.70. The predicted molar refractivity (Wildman–Crippen MR) is 69.6 cm³/mol. The van der Waals surface area contributed by atoms with E-state index in [1.54, 1.807) is 7.11 Å². The molecule has 1 aliphatic heterocycles. The molecule has 0 radical (unpaired) electrons. The van der Waals surface area contributed by atoms with Gasteiger partial charge in [-0.1, -0.05) is 0 Å². The van der Waals surface area contributed by atoms with Gasteiger partial charge in [0.05, 0.1) is 19.3 Å². The normalized spacial score (nSPS) is 24.8. The van der Waals surface area contributed by atoms with Gasteiger partial charge < -0.3 is 20.1 Å². The van der Waals surface area contributed by atoms with Crippen molar-refractivity contribution in [1.82, 2.24) is 0 Å². The minimum absolute atomic E-state index is 0.242. The molecule has 1 fully saturated rings. The Labute approximate surface area is 102 Å². The van der Waals surface area contributed by atoms with Crippen molar-refractivity contribution in [2.24, 2.45) is 0 Å². The van der Waals surface area contributed by atoms with E-state index in [1.165, 1.54) is 0 Å². The molecule has 2 atom stereocenters. The molecule has 1 heterocycles. The summed E-state index contributed by atoms with van der Waals surface area (Å²) in [6.07, 6.45) is 0.484.